The summed E-state index contributed by atoms with van der Waals surface area (Å²) in [6, 6.07) is 1.86. The van der Waals surface area contributed by atoms with Crippen molar-refractivity contribution in [1.29, 1.82) is 0 Å². The van der Waals surface area contributed by atoms with Crippen LogP contribution in [0, 0.1) is 0 Å². The lowest BCUT2D eigenvalue weighted by atomic mass is 10.2. The van der Waals surface area contributed by atoms with E-state index in [9.17, 15) is 9.59 Å². The Morgan fingerprint density at radius 2 is 1.90 bits per heavy atom. The first-order chi connectivity index (χ1) is 9.65. The van der Waals surface area contributed by atoms with Gasteiger partial charge in [-0.25, -0.2) is 9.97 Å². The molecule has 7 heteroatoms. The van der Waals surface area contributed by atoms with Gasteiger partial charge in [-0.2, -0.15) is 0 Å². The smallest absolute Gasteiger partial charge is 0.229 e. The van der Waals surface area contributed by atoms with Crippen molar-refractivity contribution in [3.8, 4) is 0 Å². The molecule has 0 saturated carbocycles. The monoisotopic (exact) mass is 290 g/mol. The lowest BCUT2D eigenvalue weighted by Crippen LogP contribution is -2.35. The third-order valence-electron chi connectivity index (χ3n) is 3.33. The van der Waals surface area contributed by atoms with E-state index >= 15 is 0 Å². The Balaban J connectivity index is 1.91. The molecule has 20 heavy (non-hydrogen) atoms. The zero-order valence-electron chi connectivity index (χ0n) is 10.8. The predicted octanol–water partition coefficient (Wildman–Crippen LogP) is 1.70. The largest absolute Gasteiger partial charge is 0.383 e. The van der Waals surface area contributed by atoms with E-state index in [1.807, 2.05) is 11.4 Å². The van der Waals surface area contributed by atoms with Gasteiger partial charge in [0.1, 0.15) is 10.6 Å². The molecule has 6 nitrogen and oxygen atoms in total. The van der Waals surface area contributed by atoms with E-state index in [-0.39, 0.29) is 18.4 Å². The average Bonchev–Trinajstić information content (AvgIpc) is 2.83. The molecule has 1 aliphatic rings. The van der Waals surface area contributed by atoms with E-state index in [4.69, 9.17) is 5.73 Å². The van der Waals surface area contributed by atoms with Crippen LogP contribution >= 0.6 is 11.3 Å². The van der Waals surface area contributed by atoms with Crippen molar-refractivity contribution in [3.63, 3.8) is 0 Å². The lowest BCUT2D eigenvalue weighted by Gasteiger charge is -2.17. The number of likely N-dealkylation sites (tertiary alicyclic amines) is 1. The third-order valence-corrected chi connectivity index (χ3v) is 4.14. The highest BCUT2D eigenvalue weighted by Gasteiger charge is 2.25. The molecule has 0 bridgehead atoms. The van der Waals surface area contributed by atoms with Gasteiger partial charge in [0.25, 0.3) is 0 Å². The first-order valence-electron chi connectivity index (χ1n) is 6.48. The van der Waals surface area contributed by atoms with E-state index in [1.165, 1.54) is 16.2 Å². The molecule has 0 radical (unpaired) electrons. The quantitative estimate of drug-likeness (QED) is 0.850. The van der Waals surface area contributed by atoms with Gasteiger partial charge in [-0.1, -0.05) is 0 Å². The summed E-state index contributed by atoms with van der Waals surface area (Å²) in [5, 5.41) is 2.70. The molecular weight excluding hydrogens is 276 g/mol. The first-order valence-corrected chi connectivity index (χ1v) is 7.36. The van der Waals surface area contributed by atoms with Crippen LogP contribution in [0.1, 0.15) is 31.5 Å². The van der Waals surface area contributed by atoms with Gasteiger partial charge in [0.05, 0.1) is 11.9 Å². The van der Waals surface area contributed by atoms with Crippen molar-refractivity contribution >= 4 is 39.2 Å². The highest BCUT2D eigenvalue weighted by atomic mass is 32.1. The normalized spacial score (nSPS) is 16.7. The Labute approximate surface area is 119 Å². The minimum absolute atomic E-state index is 0.107. The number of rotatable bonds is 2. The lowest BCUT2D eigenvalue weighted by molar-refractivity contribution is -0.144. The number of anilines is 1. The van der Waals surface area contributed by atoms with Gasteiger partial charge < -0.3 is 5.73 Å². The number of aromatic nitrogens is 2. The maximum Gasteiger partial charge on any atom is 0.229 e. The highest BCUT2D eigenvalue weighted by molar-refractivity contribution is 7.16. The SMILES string of the molecule is Nc1nc(CN2C(=O)CCCCC2=O)nc2sccc12. The summed E-state index contributed by atoms with van der Waals surface area (Å²) in [6.45, 7) is 0.107. The van der Waals surface area contributed by atoms with Crippen LogP contribution in [0.3, 0.4) is 0 Å². The summed E-state index contributed by atoms with van der Waals surface area (Å²) < 4.78 is 0. The van der Waals surface area contributed by atoms with Gasteiger partial charge in [-0.15, -0.1) is 11.3 Å². The molecule has 3 rings (SSSR count). The van der Waals surface area contributed by atoms with Crippen LogP contribution in [0.25, 0.3) is 10.2 Å². The van der Waals surface area contributed by atoms with E-state index in [2.05, 4.69) is 9.97 Å². The van der Waals surface area contributed by atoms with Gasteiger partial charge in [0.2, 0.25) is 11.8 Å². The molecule has 0 unspecified atom stereocenters. The Kier molecular flexibility index (Phi) is 3.35. The standard InChI is InChI=1S/C13H14N4O2S/c14-12-8-5-6-20-13(8)16-9(15-12)7-17-10(18)3-1-2-4-11(17)19/h5-6H,1-4,7H2,(H2,14,15,16). The van der Waals surface area contributed by atoms with Crippen molar-refractivity contribution in [3.05, 3.63) is 17.3 Å². The average molecular weight is 290 g/mol. The molecule has 104 valence electrons. The number of carbonyl (C=O) groups excluding carboxylic acids is 2. The van der Waals surface area contributed by atoms with E-state index in [0.29, 0.717) is 24.5 Å². The van der Waals surface area contributed by atoms with Crippen LogP contribution in [0.5, 0.6) is 0 Å². The van der Waals surface area contributed by atoms with Gasteiger partial charge in [-0.05, 0) is 24.3 Å². The molecule has 2 aromatic rings. The van der Waals surface area contributed by atoms with Crippen LogP contribution in [0.15, 0.2) is 11.4 Å². The highest BCUT2D eigenvalue weighted by Crippen LogP contribution is 2.23. The fourth-order valence-electron chi connectivity index (χ4n) is 2.27. The molecule has 1 saturated heterocycles. The second-order valence-electron chi connectivity index (χ2n) is 4.75. The number of hydrogen-bond acceptors (Lipinski definition) is 6. The summed E-state index contributed by atoms with van der Waals surface area (Å²) >= 11 is 1.46. The summed E-state index contributed by atoms with van der Waals surface area (Å²) in [5.41, 5.74) is 5.87. The maximum absolute atomic E-state index is 11.9. The zero-order chi connectivity index (χ0) is 14.1. The molecule has 2 amide bonds. The molecule has 2 aromatic heterocycles. The van der Waals surface area contributed by atoms with Gasteiger partial charge in [0, 0.05) is 12.8 Å². The van der Waals surface area contributed by atoms with Crippen molar-refractivity contribution in [2.24, 2.45) is 0 Å². The minimum atomic E-state index is -0.152. The van der Waals surface area contributed by atoms with Gasteiger partial charge in [0.15, 0.2) is 5.82 Å². The van der Waals surface area contributed by atoms with Gasteiger partial charge in [-0.3, -0.25) is 14.5 Å². The molecule has 0 aliphatic carbocycles. The van der Waals surface area contributed by atoms with Crippen molar-refractivity contribution in [1.82, 2.24) is 14.9 Å². The van der Waals surface area contributed by atoms with E-state index < -0.39 is 0 Å². The fourth-order valence-corrected chi connectivity index (χ4v) is 3.06. The van der Waals surface area contributed by atoms with Crippen molar-refractivity contribution < 1.29 is 9.59 Å². The number of nitrogens with zero attached hydrogens (tertiary/aromatic N) is 3. The molecule has 0 atom stereocenters. The van der Waals surface area contributed by atoms with Crippen LogP contribution in [0.2, 0.25) is 0 Å². The zero-order valence-corrected chi connectivity index (χ0v) is 11.7. The number of nitrogen functional groups attached to an aromatic ring is 1. The number of amides is 2. The maximum atomic E-state index is 11.9. The number of thiophene rings is 1. The molecular formula is C13H14N4O2S. The number of imide groups is 1. The molecule has 0 aromatic carbocycles. The third kappa shape index (κ3) is 2.36. The molecule has 1 fully saturated rings. The van der Waals surface area contributed by atoms with Crippen molar-refractivity contribution in [2.45, 2.75) is 32.2 Å². The number of hydrogen-bond donors (Lipinski definition) is 1. The first kappa shape index (κ1) is 13.0. The summed E-state index contributed by atoms with van der Waals surface area (Å²) in [5.74, 6) is 0.504. The van der Waals surface area contributed by atoms with Crippen LogP contribution in [0.4, 0.5) is 5.82 Å². The van der Waals surface area contributed by atoms with Gasteiger partial charge >= 0.3 is 0 Å². The Morgan fingerprint density at radius 3 is 2.60 bits per heavy atom. The molecule has 0 spiro atoms. The van der Waals surface area contributed by atoms with E-state index in [0.717, 1.165) is 23.1 Å². The topological polar surface area (TPSA) is 89.2 Å². The number of nitrogens with two attached hydrogens (primary N) is 1. The van der Waals surface area contributed by atoms with Crippen LogP contribution in [-0.4, -0.2) is 26.7 Å². The summed E-state index contributed by atoms with van der Waals surface area (Å²) in [7, 11) is 0. The van der Waals surface area contributed by atoms with Crippen molar-refractivity contribution in [2.75, 3.05) is 5.73 Å². The van der Waals surface area contributed by atoms with Crippen LogP contribution in [-0.2, 0) is 16.1 Å². The Hall–Kier alpha value is -2.02. The summed E-state index contributed by atoms with van der Waals surface area (Å²) in [6.07, 6.45) is 2.33. The Bertz CT molecular complexity index is 664. The Morgan fingerprint density at radius 1 is 1.20 bits per heavy atom. The van der Waals surface area contributed by atoms with E-state index in [1.54, 1.807) is 0 Å². The molecule has 1 aliphatic heterocycles. The molecule has 3 heterocycles. The summed E-state index contributed by atoms with van der Waals surface area (Å²) in [4.78, 5) is 34.5. The fraction of sp³-hybridized carbons (Fsp3) is 0.385. The molecule has 2 N–H and O–H groups in total. The predicted molar refractivity (Wildman–Crippen MR) is 75.9 cm³/mol. The van der Waals surface area contributed by atoms with Crippen LogP contribution < -0.4 is 5.73 Å². The minimum Gasteiger partial charge on any atom is -0.383 e. The second-order valence-corrected chi connectivity index (χ2v) is 5.64. The number of carbonyl (C=O) groups is 2. The second kappa shape index (κ2) is 5.16. The number of fused-ring (bicyclic) bond motifs is 1.